The van der Waals surface area contributed by atoms with Crippen LogP contribution >= 0.6 is 11.8 Å². The van der Waals surface area contributed by atoms with E-state index in [9.17, 15) is 14.4 Å². The number of ether oxygens (including phenoxy) is 1. The van der Waals surface area contributed by atoms with Crippen LogP contribution in [0.25, 0.3) is 10.8 Å². The average Bonchev–Trinajstić information content (AvgIpc) is 3.20. The van der Waals surface area contributed by atoms with Gasteiger partial charge in [0.2, 0.25) is 17.6 Å². The maximum Gasteiger partial charge on any atom is 0.373 e. The Balaban J connectivity index is 1.38. The first-order valence-electron chi connectivity index (χ1n) is 8.85. The predicted molar refractivity (Wildman–Crippen MR) is 112 cm³/mol. The molecule has 0 bridgehead atoms. The van der Waals surface area contributed by atoms with Crippen LogP contribution in [-0.4, -0.2) is 36.4 Å². The molecule has 0 saturated heterocycles. The number of carbonyl (C=O) groups excluding carboxylic acids is 3. The van der Waals surface area contributed by atoms with Crippen molar-refractivity contribution in [3.8, 4) is 0 Å². The molecule has 0 spiro atoms. The summed E-state index contributed by atoms with van der Waals surface area (Å²) in [6, 6.07) is 16.7. The van der Waals surface area contributed by atoms with Gasteiger partial charge in [0.1, 0.15) is 5.76 Å². The fourth-order valence-corrected chi connectivity index (χ4v) is 3.27. The SMILES string of the molecule is COC(=O)c1ccc(CNC(=O)CSCC(=O)Nc2ccc3ccccc3c2)o1. The minimum Gasteiger partial charge on any atom is -0.463 e. The third-order valence-corrected chi connectivity index (χ3v) is 4.94. The van der Waals surface area contributed by atoms with E-state index in [4.69, 9.17) is 4.42 Å². The number of nitrogens with one attached hydrogen (secondary N) is 2. The second-order valence-corrected chi connectivity index (χ2v) is 7.12. The van der Waals surface area contributed by atoms with Gasteiger partial charge >= 0.3 is 5.97 Å². The van der Waals surface area contributed by atoms with Crippen molar-refractivity contribution in [3.05, 3.63) is 66.1 Å². The van der Waals surface area contributed by atoms with E-state index in [0.29, 0.717) is 5.76 Å². The second-order valence-electron chi connectivity index (χ2n) is 6.14. The second kappa shape index (κ2) is 9.79. The predicted octanol–water partition coefficient (Wildman–Crippen LogP) is 3.21. The average molecular weight is 412 g/mol. The van der Waals surface area contributed by atoms with Crippen LogP contribution < -0.4 is 10.6 Å². The maximum absolute atomic E-state index is 12.1. The molecule has 1 heterocycles. The smallest absolute Gasteiger partial charge is 0.373 e. The number of thioether (sulfide) groups is 1. The number of fused-ring (bicyclic) bond motifs is 1. The normalized spacial score (nSPS) is 10.5. The number of methoxy groups -OCH3 is 1. The molecule has 0 radical (unpaired) electrons. The summed E-state index contributed by atoms with van der Waals surface area (Å²) in [7, 11) is 1.26. The Kier molecular flexibility index (Phi) is 6.91. The minimum atomic E-state index is -0.574. The molecule has 0 fully saturated rings. The molecular weight excluding hydrogens is 392 g/mol. The largest absolute Gasteiger partial charge is 0.463 e. The molecule has 0 aliphatic carbocycles. The van der Waals surface area contributed by atoms with Crippen molar-refractivity contribution in [2.24, 2.45) is 0 Å². The summed E-state index contributed by atoms with van der Waals surface area (Å²) in [6.45, 7) is 0.152. The highest BCUT2D eigenvalue weighted by Crippen LogP contribution is 2.19. The fraction of sp³-hybridized carbons (Fsp3) is 0.190. The molecule has 0 aliphatic rings. The first-order chi connectivity index (χ1) is 14.0. The lowest BCUT2D eigenvalue weighted by Crippen LogP contribution is -2.25. The van der Waals surface area contributed by atoms with Crippen LogP contribution in [0.5, 0.6) is 0 Å². The van der Waals surface area contributed by atoms with Gasteiger partial charge in [0, 0.05) is 5.69 Å². The van der Waals surface area contributed by atoms with Crippen molar-refractivity contribution in [2.75, 3.05) is 23.9 Å². The Morgan fingerprint density at radius 3 is 2.52 bits per heavy atom. The van der Waals surface area contributed by atoms with Gasteiger partial charge in [-0.25, -0.2) is 4.79 Å². The summed E-state index contributed by atoms with van der Waals surface area (Å²) in [5.74, 6) is -0.162. The number of benzene rings is 2. The van der Waals surface area contributed by atoms with Gasteiger partial charge in [-0.3, -0.25) is 9.59 Å². The van der Waals surface area contributed by atoms with Crippen LogP contribution in [0.3, 0.4) is 0 Å². The van der Waals surface area contributed by atoms with Gasteiger partial charge in [0.15, 0.2) is 0 Å². The minimum absolute atomic E-state index is 0.0801. The van der Waals surface area contributed by atoms with Crippen molar-refractivity contribution < 1.29 is 23.5 Å². The van der Waals surface area contributed by atoms with E-state index in [1.54, 1.807) is 6.07 Å². The van der Waals surface area contributed by atoms with Crippen molar-refractivity contribution in [2.45, 2.75) is 6.54 Å². The molecule has 0 unspecified atom stereocenters. The van der Waals surface area contributed by atoms with E-state index < -0.39 is 5.97 Å². The molecule has 8 heteroatoms. The van der Waals surface area contributed by atoms with Crippen LogP contribution in [0.4, 0.5) is 5.69 Å². The van der Waals surface area contributed by atoms with Crippen LogP contribution in [0.2, 0.25) is 0 Å². The number of furan rings is 1. The Hall–Kier alpha value is -3.26. The van der Waals surface area contributed by atoms with Crippen LogP contribution in [0, 0.1) is 0 Å². The van der Waals surface area contributed by atoms with Gasteiger partial charge in [-0.15, -0.1) is 11.8 Å². The topological polar surface area (TPSA) is 97.6 Å². The monoisotopic (exact) mass is 412 g/mol. The molecule has 2 aromatic carbocycles. The van der Waals surface area contributed by atoms with E-state index >= 15 is 0 Å². The quantitative estimate of drug-likeness (QED) is 0.552. The molecule has 2 N–H and O–H groups in total. The highest BCUT2D eigenvalue weighted by atomic mass is 32.2. The lowest BCUT2D eigenvalue weighted by Gasteiger charge is -2.07. The Morgan fingerprint density at radius 2 is 1.72 bits per heavy atom. The number of esters is 1. The zero-order valence-corrected chi connectivity index (χ0v) is 16.6. The van der Waals surface area contributed by atoms with Gasteiger partial charge in [0.25, 0.3) is 0 Å². The zero-order chi connectivity index (χ0) is 20.6. The molecule has 0 saturated carbocycles. The van der Waals surface area contributed by atoms with Crippen molar-refractivity contribution >= 4 is 46.0 Å². The van der Waals surface area contributed by atoms with Crippen LogP contribution in [0.1, 0.15) is 16.3 Å². The Labute approximate surface area is 171 Å². The molecule has 2 amide bonds. The summed E-state index contributed by atoms with van der Waals surface area (Å²) in [5, 5.41) is 7.66. The highest BCUT2D eigenvalue weighted by molar-refractivity contribution is 8.00. The standard InChI is InChI=1S/C21H20N2O5S/c1-27-21(26)18-9-8-17(28-18)11-22-19(24)12-29-13-20(25)23-16-7-6-14-4-2-3-5-15(14)10-16/h2-10H,11-13H2,1H3,(H,22,24)(H,23,25). The van der Waals surface area contributed by atoms with E-state index in [1.165, 1.54) is 24.9 Å². The molecule has 7 nitrogen and oxygen atoms in total. The summed E-state index contributed by atoms with van der Waals surface area (Å²) in [4.78, 5) is 35.3. The van der Waals surface area contributed by atoms with Crippen LogP contribution in [0.15, 0.2) is 59.0 Å². The van der Waals surface area contributed by atoms with Crippen molar-refractivity contribution in [1.82, 2.24) is 5.32 Å². The fourth-order valence-electron chi connectivity index (χ4n) is 2.62. The number of hydrogen-bond donors (Lipinski definition) is 2. The molecular formula is C21H20N2O5S. The van der Waals surface area contributed by atoms with E-state index in [-0.39, 0.29) is 35.6 Å². The molecule has 0 atom stereocenters. The van der Waals surface area contributed by atoms with Gasteiger partial charge in [-0.1, -0.05) is 30.3 Å². The molecule has 1 aromatic heterocycles. The summed E-state index contributed by atoms with van der Waals surface area (Å²) in [6.07, 6.45) is 0. The van der Waals surface area contributed by atoms with Gasteiger partial charge < -0.3 is 19.8 Å². The number of hydrogen-bond acceptors (Lipinski definition) is 6. The third-order valence-electron chi connectivity index (χ3n) is 4.01. The summed E-state index contributed by atoms with van der Waals surface area (Å²) in [5.41, 5.74) is 0.720. The molecule has 29 heavy (non-hydrogen) atoms. The summed E-state index contributed by atoms with van der Waals surface area (Å²) < 4.78 is 9.82. The number of anilines is 1. The van der Waals surface area contributed by atoms with Gasteiger partial charge in [-0.2, -0.15) is 0 Å². The number of rotatable bonds is 8. The zero-order valence-electron chi connectivity index (χ0n) is 15.8. The Bertz CT molecular complexity index is 1030. The first kappa shape index (κ1) is 20.5. The number of amides is 2. The number of carbonyl (C=O) groups is 3. The van der Waals surface area contributed by atoms with Gasteiger partial charge in [-0.05, 0) is 35.0 Å². The highest BCUT2D eigenvalue weighted by Gasteiger charge is 2.12. The van der Waals surface area contributed by atoms with Crippen molar-refractivity contribution in [1.29, 1.82) is 0 Å². The van der Waals surface area contributed by atoms with E-state index in [1.807, 2.05) is 42.5 Å². The third kappa shape index (κ3) is 5.86. The summed E-state index contributed by atoms with van der Waals surface area (Å²) >= 11 is 1.21. The Morgan fingerprint density at radius 1 is 0.966 bits per heavy atom. The molecule has 0 aliphatic heterocycles. The van der Waals surface area contributed by atoms with Crippen LogP contribution in [-0.2, 0) is 20.9 Å². The molecule has 150 valence electrons. The first-order valence-corrected chi connectivity index (χ1v) is 10.0. The lowest BCUT2D eigenvalue weighted by atomic mass is 10.1. The van der Waals surface area contributed by atoms with Gasteiger partial charge in [0.05, 0.1) is 25.2 Å². The maximum atomic E-state index is 12.1. The molecule has 3 rings (SSSR count). The van der Waals surface area contributed by atoms with Crippen molar-refractivity contribution in [3.63, 3.8) is 0 Å². The molecule has 3 aromatic rings. The van der Waals surface area contributed by atoms with E-state index in [2.05, 4.69) is 15.4 Å². The lowest BCUT2D eigenvalue weighted by molar-refractivity contribution is -0.118. The van der Waals surface area contributed by atoms with E-state index in [0.717, 1.165) is 16.5 Å².